The summed E-state index contributed by atoms with van der Waals surface area (Å²) in [6.07, 6.45) is 13.9. The van der Waals surface area contributed by atoms with Gasteiger partial charge in [0.2, 0.25) is 0 Å². The van der Waals surface area contributed by atoms with Crippen LogP contribution in [0.4, 0.5) is 0 Å². The molecular formula is C49H59ClNO4PPd. The summed E-state index contributed by atoms with van der Waals surface area (Å²) in [5, 5.41) is 7.49. The van der Waals surface area contributed by atoms with Crippen molar-refractivity contribution in [1.82, 2.24) is 0 Å². The molecular weight excluding hydrogens is 839 g/mol. The van der Waals surface area contributed by atoms with Gasteiger partial charge in [0, 0.05) is 16.3 Å². The van der Waals surface area contributed by atoms with Crippen molar-refractivity contribution in [3.63, 3.8) is 0 Å². The van der Waals surface area contributed by atoms with E-state index >= 15 is 0 Å². The number of hydrogen-bond acceptors (Lipinski definition) is 5. The van der Waals surface area contributed by atoms with Gasteiger partial charge >= 0.3 is 33.7 Å². The second-order valence-electron chi connectivity index (χ2n) is 14.5. The van der Waals surface area contributed by atoms with E-state index in [0.29, 0.717) is 23.8 Å². The van der Waals surface area contributed by atoms with Crippen molar-refractivity contribution in [2.45, 2.75) is 97.7 Å². The van der Waals surface area contributed by atoms with Crippen LogP contribution in [0.2, 0.25) is 0 Å². The van der Waals surface area contributed by atoms with Gasteiger partial charge in [-0.1, -0.05) is 89.6 Å². The summed E-state index contributed by atoms with van der Waals surface area (Å²) in [5.41, 5.74) is 7.52. The number of ether oxygens (including phenoxy) is 3. The molecule has 5 aromatic carbocycles. The van der Waals surface area contributed by atoms with Crippen molar-refractivity contribution in [3.05, 3.63) is 127 Å². The Morgan fingerprint density at radius 2 is 1.42 bits per heavy atom. The number of rotatable bonds is 19. The number of benzene rings is 5. The summed E-state index contributed by atoms with van der Waals surface area (Å²) >= 11 is 2.22. The fourth-order valence-corrected chi connectivity index (χ4v) is 9.28. The van der Waals surface area contributed by atoms with Crippen LogP contribution in [0.1, 0.15) is 107 Å². The van der Waals surface area contributed by atoms with Crippen LogP contribution in [0, 0.1) is 12.0 Å². The van der Waals surface area contributed by atoms with E-state index in [4.69, 9.17) is 19.9 Å². The average molecular weight is 899 g/mol. The molecule has 0 radical (unpaired) electrons. The normalized spacial score (nSPS) is 12.2. The Bertz CT molecular complexity index is 2130. The molecule has 5 nitrogen and oxygen atoms in total. The molecule has 1 heterocycles. The molecule has 0 aliphatic heterocycles. The van der Waals surface area contributed by atoms with Crippen LogP contribution >= 0.6 is 17.1 Å². The van der Waals surface area contributed by atoms with Crippen molar-refractivity contribution >= 4 is 54.8 Å². The van der Waals surface area contributed by atoms with Crippen LogP contribution in [-0.4, -0.2) is 19.2 Å². The van der Waals surface area contributed by atoms with Gasteiger partial charge in [-0.15, -0.1) is 36.5 Å². The number of aryl methyl sites for hydroxylation is 1. The van der Waals surface area contributed by atoms with Crippen molar-refractivity contribution in [1.29, 1.82) is 0 Å². The predicted octanol–water partition coefficient (Wildman–Crippen LogP) is 14.7. The first-order chi connectivity index (χ1) is 27.8. The Hall–Kier alpha value is -3.62. The molecule has 6 rings (SSSR count). The number of allylic oxidation sites excluding steroid dienone is 1. The molecule has 6 aromatic rings. The molecule has 0 bridgehead atoms. The van der Waals surface area contributed by atoms with Crippen LogP contribution < -0.4 is 19.9 Å². The van der Waals surface area contributed by atoms with E-state index in [2.05, 4.69) is 104 Å². The Morgan fingerprint density at radius 1 is 0.789 bits per heavy atom. The molecule has 0 spiro atoms. The van der Waals surface area contributed by atoms with Gasteiger partial charge in [-0.25, -0.2) is 4.79 Å². The molecule has 306 valence electrons. The Morgan fingerprint density at radius 3 is 2.11 bits per heavy atom. The molecule has 0 saturated heterocycles. The minimum atomic E-state index is -0.548. The molecule has 8 heteroatoms. The van der Waals surface area contributed by atoms with Crippen LogP contribution in [0.15, 0.2) is 110 Å². The van der Waals surface area contributed by atoms with E-state index in [1.54, 1.807) is 12.1 Å². The first-order valence-electron chi connectivity index (χ1n) is 20.3. The van der Waals surface area contributed by atoms with Gasteiger partial charge in [-0.3, -0.25) is 0 Å². The van der Waals surface area contributed by atoms with Crippen LogP contribution in [-0.2, 0) is 24.3 Å². The van der Waals surface area contributed by atoms with Gasteiger partial charge < -0.3 is 19.9 Å². The average Bonchev–Trinajstić information content (AvgIpc) is 3.56. The maximum absolute atomic E-state index is 13.1. The van der Waals surface area contributed by atoms with Gasteiger partial charge in [0.25, 0.3) is 0 Å². The summed E-state index contributed by atoms with van der Waals surface area (Å²) < 4.78 is 17.7. The van der Waals surface area contributed by atoms with Gasteiger partial charge in [0.1, 0.15) is 17.2 Å². The van der Waals surface area contributed by atoms with Gasteiger partial charge in [0.15, 0.2) is 0 Å². The number of fused-ring (bicyclic) bond motifs is 4. The Balaban J connectivity index is 0.000000400. The maximum atomic E-state index is 13.1. The summed E-state index contributed by atoms with van der Waals surface area (Å²) in [7, 11) is 3.94. The number of nitrogens with two attached hydrogens (primary N) is 1. The molecule has 0 aliphatic rings. The summed E-state index contributed by atoms with van der Waals surface area (Å²) in [4.78, 5) is 13.1. The van der Waals surface area contributed by atoms with Crippen molar-refractivity contribution < 1.29 is 37.2 Å². The molecule has 0 saturated carbocycles. The molecule has 0 amide bonds. The minimum absolute atomic E-state index is 0.0473. The van der Waals surface area contributed by atoms with E-state index in [9.17, 15) is 4.79 Å². The van der Waals surface area contributed by atoms with Crippen LogP contribution in [0.3, 0.4) is 0 Å². The third-order valence-corrected chi connectivity index (χ3v) is 12.7. The zero-order valence-corrected chi connectivity index (χ0v) is 37.2. The van der Waals surface area contributed by atoms with Crippen molar-refractivity contribution in [2.75, 3.05) is 13.2 Å². The molecule has 1 aromatic heterocycles. The summed E-state index contributed by atoms with van der Waals surface area (Å²) in [5.74, 6) is 2.45. The van der Waals surface area contributed by atoms with E-state index in [1.165, 1.54) is 70.3 Å². The van der Waals surface area contributed by atoms with Gasteiger partial charge in [0.05, 0.1) is 18.8 Å². The predicted molar refractivity (Wildman–Crippen MR) is 240 cm³/mol. The van der Waals surface area contributed by atoms with Crippen molar-refractivity contribution in [3.8, 4) is 17.2 Å². The van der Waals surface area contributed by atoms with E-state index in [1.807, 2.05) is 55.5 Å². The molecule has 57 heavy (non-hydrogen) atoms. The van der Waals surface area contributed by atoms with E-state index in [0.717, 1.165) is 49.1 Å². The number of carbonyl (C=O) groups excluding carboxylic acids is 1. The molecule has 2 N–H and O–H groups in total. The monoisotopic (exact) mass is 897 g/mol. The molecule has 0 aliphatic carbocycles. The molecule has 0 fully saturated rings. The summed E-state index contributed by atoms with van der Waals surface area (Å²) in [6.45, 7) is 13.8. The van der Waals surface area contributed by atoms with E-state index in [-0.39, 0.29) is 12.0 Å². The third-order valence-electron chi connectivity index (χ3n) is 10.2. The number of carbonyl (C=O) groups is 1. The fourth-order valence-electron chi connectivity index (χ4n) is 6.79. The third kappa shape index (κ3) is 13.7. The zero-order chi connectivity index (χ0) is 41.0. The van der Waals surface area contributed by atoms with Crippen LogP contribution in [0.5, 0.6) is 17.2 Å². The molecule has 3 atom stereocenters. The number of esters is 1. The zero-order valence-electron chi connectivity index (χ0n) is 34.0. The first-order valence-corrected chi connectivity index (χ1v) is 23.9. The Kier molecular flexibility index (Phi) is 20.2. The number of halogens is 1. The van der Waals surface area contributed by atoms with Gasteiger partial charge in [-0.2, -0.15) is 18.2 Å². The van der Waals surface area contributed by atoms with Gasteiger partial charge in [-0.05, 0) is 104 Å². The second kappa shape index (κ2) is 25.0. The van der Waals surface area contributed by atoms with E-state index < -0.39 is 7.53 Å². The molecule has 1 unspecified atom stereocenters. The van der Waals surface area contributed by atoms with Crippen molar-refractivity contribution in [2.24, 2.45) is 11.7 Å². The fraction of sp³-hybridized carbons (Fsp3) is 0.367. The summed E-state index contributed by atoms with van der Waals surface area (Å²) in [6, 6.07) is 35.3. The second-order valence-corrected chi connectivity index (χ2v) is 17.0. The number of unbranched alkanes of at least 4 members (excludes halogenated alkanes) is 7. The van der Waals surface area contributed by atoms with Crippen LogP contribution in [0.25, 0.3) is 31.8 Å². The Labute approximate surface area is 356 Å². The SMILES string of the molecule is C=CCCCCCCCCCOc1ccc(OC(=O)c2ccc3c4ccc(OC[C@@H](C)CC)cc4p(CC)c3c2)cc1.C[C@@H](N)c1[c-]ccc2ccccc12.[Cl][Pd+]. The quantitative estimate of drug-likeness (QED) is 0.0219. The number of hydrogen-bond donors (Lipinski definition) is 1. The topological polar surface area (TPSA) is 70.8 Å². The first kappa shape index (κ1) is 46.1. The standard InChI is InChI=1S/C37H47O4P.C12H12N.ClH.Pd/c1-5-8-9-10-11-12-13-14-15-24-39-30-17-19-31(20-18-30)41-37(38)29-16-22-33-34-23-21-32(40-27-28(4)6-2)26-36(34)42(7-3)35(33)25-29;1-9(13)11-8-4-6-10-5-2-3-7-12(10)11;;/h5,16-23,25-26,28H,1,6-15,24,27H2,2-4H3;2-7,9H,13H2,1H3;1H;/q;-1;;+2/p-1/t28-,42?;9-;;/m01../s1.